The van der Waals surface area contributed by atoms with E-state index in [2.05, 4.69) is 0 Å². The van der Waals surface area contributed by atoms with E-state index in [0.717, 1.165) is 0 Å². The Morgan fingerprint density at radius 2 is 1.90 bits per heavy atom. The van der Waals surface area contributed by atoms with E-state index in [-0.39, 0.29) is 6.61 Å². The van der Waals surface area contributed by atoms with Crippen molar-refractivity contribution >= 4 is 32.7 Å². The average Bonchev–Trinajstić information content (AvgIpc) is 1.63. The first-order valence-electron chi connectivity index (χ1n) is 2.20. The molecule has 0 aliphatic heterocycles. The van der Waals surface area contributed by atoms with E-state index in [9.17, 15) is 8.42 Å². The highest BCUT2D eigenvalue weighted by atomic mass is 127. The van der Waals surface area contributed by atoms with Crippen LogP contribution in [-0.4, -0.2) is 30.9 Å². The largest absolute Gasteiger partial charge is 0.392 e. The summed E-state index contributed by atoms with van der Waals surface area (Å²) < 4.78 is 27.6. The minimum Gasteiger partial charge on any atom is -0.392 e. The van der Waals surface area contributed by atoms with Gasteiger partial charge in [0.15, 0.2) is 0 Å². The molecule has 0 rings (SSSR count). The fourth-order valence-corrected chi connectivity index (χ4v) is 0.267. The van der Waals surface area contributed by atoms with E-state index in [1.165, 1.54) is 0 Å². The molecule has 0 unspecified atom stereocenters. The van der Waals surface area contributed by atoms with Crippen molar-refractivity contribution < 1.29 is 18.1 Å². The van der Waals surface area contributed by atoms with Gasteiger partial charge in [-0.3, -0.25) is 4.55 Å². The van der Waals surface area contributed by atoms with E-state index in [1.807, 2.05) is 22.6 Å². The predicted octanol–water partition coefficient (Wildman–Crippen LogP) is 0.431. The molecular weight excluding hydrogens is 271 g/mol. The standard InChI is InChI=1S/C3H5IO.CH4O3S/c4-2-1-3-5;1-5(2,3)4/h1-2,5H,3H2;1H3,(H,2,3,4). The molecule has 0 saturated heterocycles. The highest BCUT2D eigenvalue weighted by Gasteiger charge is 1.81. The van der Waals surface area contributed by atoms with Gasteiger partial charge in [-0.05, 0) is 4.08 Å². The molecule has 0 aliphatic carbocycles. The van der Waals surface area contributed by atoms with Gasteiger partial charge in [0.2, 0.25) is 0 Å². The van der Waals surface area contributed by atoms with Crippen LogP contribution in [0.15, 0.2) is 10.2 Å². The summed E-state index contributed by atoms with van der Waals surface area (Å²) in [5.41, 5.74) is 0. The SMILES string of the molecule is CS(=O)(=O)O.OCC=CI. The minimum absolute atomic E-state index is 0.156. The van der Waals surface area contributed by atoms with Crippen LogP contribution in [0.1, 0.15) is 0 Å². The van der Waals surface area contributed by atoms with Gasteiger partial charge in [-0.25, -0.2) is 0 Å². The topological polar surface area (TPSA) is 74.6 Å². The fraction of sp³-hybridized carbons (Fsp3) is 0.500. The van der Waals surface area contributed by atoms with Crippen molar-refractivity contribution in [2.75, 3.05) is 12.9 Å². The van der Waals surface area contributed by atoms with E-state index in [4.69, 9.17) is 9.66 Å². The molecule has 0 atom stereocenters. The van der Waals surface area contributed by atoms with E-state index < -0.39 is 10.1 Å². The maximum absolute atomic E-state index is 9.19. The van der Waals surface area contributed by atoms with E-state index in [1.54, 1.807) is 10.2 Å². The molecule has 0 heterocycles. The van der Waals surface area contributed by atoms with Gasteiger partial charge in [0.1, 0.15) is 0 Å². The quantitative estimate of drug-likeness (QED) is 0.539. The van der Waals surface area contributed by atoms with Gasteiger partial charge in [0.05, 0.1) is 12.9 Å². The molecule has 0 aromatic rings. The van der Waals surface area contributed by atoms with Crippen LogP contribution < -0.4 is 0 Å². The van der Waals surface area contributed by atoms with Crippen molar-refractivity contribution in [3.63, 3.8) is 0 Å². The number of aliphatic hydroxyl groups excluding tert-OH is 1. The maximum Gasteiger partial charge on any atom is 0.261 e. The van der Waals surface area contributed by atoms with Gasteiger partial charge < -0.3 is 5.11 Å². The van der Waals surface area contributed by atoms with Gasteiger partial charge >= 0.3 is 0 Å². The van der Waals surface area contributed by atoms with Crippen molar-refractivity contribution in [2.24, 2.45) is 0 Å². The third-order valence-electron chi connectivity index (χ3n) is 0.194. The Morgan fingerprint density at radius 1 is 1.60 bits per heavy atom. The molecule has 0 saturated carbocycles. The molecule has 2 N–H and O–H groups in total. The highest BCUT2D eigenvalue weighted by molar-refractivity contribution is 14.1. The summed E-state index contributed by atoms with van der Waals surface area (Å²) in [4.78, 5) is 0. The second kappa shape index (κ2) is 7.45. The zero-order valence-electron chi connectivity index (χ0n) is 5.36. The summed E-state index contributed by atoms with van der Waals surface area (Å²) in [6, 6.07) is 0. The van der Waals surface area contributed by atoms with Crippen molar-refractivity contribution in [1.82, 2.24) is 0 Å². The van der Waals surface area contributed by atoms with Crippen LogP contribution in [0.5, 0.6) is 0 Å². The zero-order chi connectivity index (χ0) is 8.62. The first-order valence-corrected chi connectivity index (χ1v) is 5.29. The van der Waals surface area contributed by atoms with E-state index >= 15 is 0 Å². The lowest BCUT2D eigenvalue weighted by Crippen LogP contribution is -1.88. The van der Waals surface area contributed by atoms with Gasteiger partial charge in [-0.15, -0.1) is 0 Å². The lowest BCUT2D eigenvalue weighted by molar-refractivity contribution is 0.343. The molecule has 0 aromatic heterocycles. The molecule has 0 aliphatic rings. The normalized spacial score (nSPS) is 10.8. The van der Waals surface area contributed by atoms with Crippen LogP contribution in [0.4, 0.5) is 0 Å². The average molecular weight is 280 g/mol. The van der Waals surface area contributed by atoms with E-state index in [0.29, 0.717) is 6.26 Å². The Kier molecular flexibility index (Phi) is 9.66. The summed E-state index contributed by atoms with van der Waals surface area (Å²) in [5, 5.41) is 7.97. The van der Waals surface area contributed by atoms with Crippen LogP contribution in [0, 0.1) is 0 Å². The Morgan fingerprint density at radius 3 is 1.90 bits per heavy atom. The molecule has 0 aromatic carbocycles. The molecule has 6 heteroatoms. The number of aliphatic hydroxyl groups is 1. The molecule has 10 heavy (non-hydrogen) atoms. The summed E-state index contributed by atoms with van der Waals surface area (Å²) in [6.07, 6.45) is 2.38. The third-order valence-corrected chi connectivity index (χ3v) is 0.703. The monoisotopic (exact) mass is 280 g/mol. The maximum atomic E-state index is 9.19. The van der Waals surface area contributed by atoms with Crippen molar-refractivity contribution in [3.8, 4) is 0 Å². The molecule has 4 nitrogen and oxygen atoms in total. The third kappa shape index (κ3) is 82.1. The second-order valence-corrected chi connectivity index (χ2v) is 3.46. The zero-order valence-corrected chi connectivity index (χ0v) is 8.33. The Bertz CT molecular complexity index is 164. The Balaban J connectivity index is 0. The lowest BCUT2D eigenvalue weighted by Gasteiger charge is -1.69. The molecule has 0 fully saturated rings. The Hall–Kier alpha value is 0.340. The van der Waals surface area contributed by atoms with Crippen LogP contribution in [-0.2, 0) is 10.1 Å². The predicted molar refractivity (Wildman–Crippen MR) is 47.7 cm³/mol. The highest BCUT2D eigenvalue weighted by Crippen LogP contribution is 1.79. The summed E-state index contributed by atoms with van der Waals surface area (Å²) >= 11 is 2.05. The smallest absolute Gasteiger partial charge is 0.261 e. The van der Waals surface area contributed by atoms with Crippen molar-refractivity contribution in [3.05, 3.63) is 10.2 Å². The molecule has 0 radical (unpaired) electrons. The van der Waals surface area contributed by atoms with Gasteiger partial charge in [-0.2, -0.15) is 8.42 Å². The molecule has 0 bridgehead atoms. The van der Waals surface area contributed by atoms with Gasteiger partial charge in [0, 0.05) is 0 Å². The van der Waals surface area contributed by atoms with Crippen LogP contribution in [0.3, 0.4) is 0 Å². The van der Waals surface area contributed by atoms with Gasteiger partial charge in [-0.1, -0.05) is 28.7 Å². The van der Waals surface area contributed by atoms with Crippen molar-refractivity contribution in [2.45, 2.75) is 0 Å². The minimum atomic E-state index is -3.67. The van der Waals surface area contributed by atoms with Crippen LogP contribution in [0.2, 0.25) is 0 Å². The van der Waals surface area contributed by atoms with Crippen LogP contribution in [0.25, 0.3) is 0 Å². The van der Waals surface area contributed by atoms with Gasteiger partial charge in [0.25, 0.3) is 10.1 Å². The fourth-order valence-electron chi connectivity index (χ4n) is 0.0398. The molecule has 0 amide bonds. The van der Waals surface area contributed by atoms with Crippen LogP contribution >= 0.6 is 22.6 Å². The Labute approximate surface area is 73.8 Å². The molecule has 0 spiro atoms. The summed E-state index contributed by atoms with van der Waals surface area (Å²) in [7, 11) is -3.67. The number of halogens is 1. The summed E-state index contributed by atoms with van der Waals surface area (Å²) in [6.45, 7) is 0.156. The van der Waals surface area contributed by atoms with Crippen molar-refractivity contribution in [1.29, 1.82) is 0 Å². The summed E-state index contributed by atoms with van der Waals surface area (Å²) in [5.74, 6) is 0. The number of hydrogen-bond donors (Lipinski definition) is 2. The number of hydrogen-bond acceptors (Lipinski definition) is 3. The molecule has 62 valence electrons. The number of rotatable bonds is 1. The lowest BCUT2D eigenvalue weighted by atomic mass is 10.7. The second-order valence-electron chi connectivity index (χ2n) is 1.28. The first kappa shape index (κ1) is 13.0. The molecular formula is C4H9IO4S. The first-order chi connectivity index (χ1) is 4.41.